The Morgan fingerprint density at radius 2 is 1.88 bits per heavy atom. The molecule has 3 aromatic rings. The van der Waals surface area contributed by atoms with Gasteiger partial charge in [-0.2, -0.15) is 21.7 Å². The fourth-order valence-electron chi connectivity index (χ4n) is 4.76. The Balaban J connectivity index is 1.28. The number of rotatable bonds is 5. The van der Waals surface area contributed by atoms with Gasteiger partial charge in [0.05, 0.1) is 5.39 Å². The third-order valence-electron chi connectivity index (χ3n) is 6.84. The molecular weight excluding hydrogens is 585 g/mol. The van der Waals surface area contributed by atoms with E-state index in [4.69, 9.17) is 37.9 Å². The summed E-state index contributed by atoms with van der Waals surface area (Å²) in [5.41, 5.74) is 0.847. The summed E-state index contributed by atoms with van der Waals surface area (Å²) in [6.45, 7) is 8.53. The van der Waals surface area contributed by atoms with Crippen LogP contribution >= 0.6 is 35.0 Å². The number of pyridine rings is 1. The van der Waals surface area contributed by atoms with Gasteiger partial charge in [0.25, 0.3) is 0 Å². The lowest BCUT2D eigenvalue weighted by Gasteiger charge is -2.40. The van der Waals surface area contributed by atoms with E-state index in [0.717, 1.165) is 16.7 Å². The number of piperazine rings is 1. The zero-order valence-corrected chi connectivity index (χ0v) is 25.6. The highest BCUT2D eigenvalue weighted by atomic mass is 35.5. The maximum absolute atomic E-state index is 13.5. The van der Waals surface area contributed by atoms with Crippen molar-refractivity contribution in [1.29, 1.82) is 0 Å². The van der Waals surface area contributed by atoms with E-state index < -0.39 is 17.7 Å². The van der Waals surface area contributed by atoms with Gasteiger partial charge in [0.2, 0.25) is 11.9 Å². The van der Waals surface area contributed by atoms with Crippen LogP contribution in [0, 0.1) is 0 Å². The first-order valence-electron chi connectivity index (χ1n) is 13.5. The van der Waals surface area contributed by atoms with Crippen LogP contribution in [0.2, 0.25) is 10.0 Å². The molecule has 4 heterocycles. The van der Waals surface area contributed by atoms with E-state index in [1.165, 1.54) is 0 Å². The van der Waals surface area contributed by atoms with Crippen LogP contribution in [0.25, 0.3) is 11.0 Å². The highest BCUT2D eigenvalue weighted by molar-refractivity contribution is 7.99. The molecule has 2 amide bonds. The van der Waals surface area contributed by atoms with Crippen molar-refractivity contribution in [2.45, 2.75) is 39.0 Å². The van der Waals surface area contributed by atoms with Crippen molar-refractivity contribution in [1.82, 2.24) is 24.8 Å². The average Bonchev–Trinajstić information content (AvgIpc) is 2.95. The highest BCUT2D eigenvalue weighted by Gasteiger charge is 2.38. The molecule has 2 aliphatic rings. The molecule has 0 saturated carbocycles. The lowest BCUT2D eigenvalue weighted by Crippen LogP contribution is -2.59. The first kappa shape index (κ1) is 29.5. The molecule has 0 spiro atoms. The maximum atomic E-state index is 13.5. The zero-order valence-electron chi connectivity index (χ0n) is 23.3. The van der Waals surface area contributed by atoms with E-state index in [2.05, 4.69) is 15.2 Å². The molecule has 10 nitrogen and oxygen atoms in total. The Morgan fingerprint density at radius 3 is 2.61 bits per heavy atom. The molecule has 2 saturated heterocycles. The Hall–Kier alpha value is -3.02. The van der Waals surface area contributed by atoms with Crippen molar-refractivity contribution in [2.75, 3.05) is 54.4 Å². The van der Waals surface area contributed by atoms with Crippen molar-refractivity contribution in [3.8, 4) is 0 Å². The number of nitrogens with one attached hydrogen (secondary N) is 1. The maximum Gasteiger partial charge on any atom is 0.411 e. The number of aromatic nitrogens is 3. The molecule has 0 aliphatic carbocycles. The molecule has 13 heteroatoms. The molecule has 2 fully saturated rings. The number of thioether (sulfide) groups is 1. The van der Waals surface area contributed by atoms with Gasteiger partial charge in [-0.05, 0) is 50.6 Å². The van der Waals surface area contributed by atoms with Crippen molar-refractivity contribution < 1.29 is 14.3 Å². The van der Waals surface area contributed by atoms with Gasteiger partial charge in [0, 0.05) is 67.0 Å². The normalized spacial score (nSPS) is 18.0. The number of carbonyl (C=O) groups excluding carboxylic acids is 2. The fraction of sp³-hybridized carbons (Fsp3) is 0.464. The number of anilines is 2. The SMILES string of the molecule is CC(C)(C)OC(=O)N1CCSCC1C(=O)N1CCN(c2nc(NCc3ccc(Cl)cc3Cl)c3cccnc3n2)CC1. The van der Waals surface area contributed by atoms with Crippen LogP contribution in [-0.2, 0) is 16.1 Å². The van der Waals surface area contributed by atoms with Crippen LogP contribution < -0.4 is 10.2 Å². The number of carbonyl (C=O) groups is 2. The summed E-state index contributed by atoms with van der Waals surface area (Å²) in [5, 5.41) is 5.33. The Labute approximate surface area is 253 Å². The van der Waals surface area contributed by atoms with Gasteiger partial charge in [-0.15, -0.1) is 0 Å². The molecule has 1 unspecified atom stereocenters. The van der Waals surface area contributed by atoms with E-state index in [9.17, 15) is 9.59 Å². The molecule has 2 aromatic heterocycles. The lowest BCUT2D eigenvalue weighted by atomic mass is 10.2. The molecule has 1 atom stereocenters. The van der Waals surface area contributed by atoms with Gasteiger partial charge in [0.1, 0.15) is 17.5 Å². The number of amides is 2. The molecule has 0 radical (unpaired) electrons. The fourth-order valence-corrected chi connectivity index (χ4v) is 6.27. The summed E-state index contributed by atoms with van der Waals surface area (Å²) in [6, 6.07) is 8.63. The number of nitrogens with zero attached hydrogens (tertiary/aromatic N) is 6. The smallest absolute Gasteiger partial charge is 0.411 e. The van der Waals surface area contributed by atoms with Crippen LogP contribution in [0.1, 0.15) is 26.3 Å². The quantitative estimate of drug-likeness (QED) is 0.426. The lowest BCUT2D eigenvalue weighted by molar-refractivity contribution is -0.136. The molecular formula is C28H33Cl2N7O3S. The van der Waals surface area contributed by atoms with Crippen molar-refractivity contribution in [3.05, 3.63) is 52.1 Å². The summed E-state index contributed by atoms with van der Waals surface area (Å²) in [7, 11) is 0. The van der Waals surface area contributed by atoms with Crippen LogP contribution in [0.3, 0.4) is 0 Å². The summed E-state index contributed by atoms with van der Waals surface area (Å²) in [6.07, 6.45) is 1.26. The standard InChI is InChI=1S/C28H33Cl2N7O3S/c1-28(2,3)40-27(39)37-13-14-41-17-22(37)25(38)35-9-11-36(12-10-35)26-33-23-20(5-4-8-31-23)24(34-26)32-16-18-6-7-19(29)15-21(18)30/h4-8,15,22H,9-14,16-17H2,1-3H3,(H,31,32,33,34). The monoisotopic (exact) mass is 617 g/mol. The van der Waals surface area contributed by atoms with Gasteiger partial charge >= 0.3 is 6.09 Å². The predicted octanol–water partition coefficient (Wildman–Crippen LogP) is 4.94. The number of hydrogen-bond donors (Lipinski definition) is 1. The van der Waals surface area contributed by atoms with Gasteiger partial charge < -0.3 is 19.9 Å². The molecule has 2 aliphatic heterocycles. The minimum absolute atomic E-state index is 0.0500. The molecule has 1 N–H and O–H groups in total. The van der Waals surface area contributed by atoms with Crippen molar-refractivity contribution >= 4 is 69.8 Å². The van der Waals surface area contributed by atoms with Gasteiger partial charge in [-0.25, -0.2) is 9.78 Å². The average molecular weight is 619 g/mol. The van der Waals surface area contributed by atoms with Crippen LogP contribution in [0.15, 0.2) is 36.5 Å². The van der Waals surface area contributed by atoms with E-state index in [1.807, 2.05) is 43.9 Å². The molecule has 218 valence electrons. The molecule has 0 bridgehead atoms. The van der Waals surface area contributed by atoms with E-state index in [0.29, 0.717) is 72.5 Å². The topological polar surface area (TPSA) is 104 Å². The van der Waals surface area contributed by atoms with E-state index >= 15 is 0 Å². The second kappa shape index (κ2) is 12.5. The first-order valence-corrected chi connectivity index (χ1v) is 15.4. The number of benzene rings is 1. The van der Waals surface area contributed by atoms with E-state index in [1.54, 1.807) is 35.0 Å². The largest absolute Gasteiger partial charge is 0.444 e. The molecule has 41 heavy (non-hydrogen) atoms. The third-order valence-corrected chi connectivity index (χ3v) is 8.45. The Morgan fingerprint density at radius 1 is 1.10 bits per heavy atom. The van der Waals surface area contributed by atoms with Gasteiger partial charge in [0.15, 0.2) is 5.65 Å². The second-order valence-electron chi connectivity index (χ2n) is 10.9. The summed E-state index contributed by atoms with van der Waals surface area (Å²) in [4.78, 5) is 45.9. The Kier molecular flexibility index (Phi) is 8.96. The third kappa shape index (κ3) is 7.07. The zero-order chi connectivity index (χ0) is 29.1. The Bertz CT molecular complexity index is 1430. The predicted molar refractivity (Wildman–Crippen MR) is 164 cm³/mol. The summed E-state index contributed by atoms with van der Waals surface area (Å²) >= 11 is 14.1. The minimum atomic E-state index is -0.621. The van der Waals surface area contributed by atoms with Crippen molar-refractivity contribution in [3.63, 3.8) is 0 Å². The van der Waals surface area contributed by atoms with Crippen LogP contribution in [0.5, 0.6) is 0 Å². The van der Waals surface area contributed by atoms with Crippen LogP contribution in [0.4, 0.5) is 16.6 Å². The molecule has 1 aromatic carbocycles. The van der Waals surface area contributed by atoms with Gasteiger partial charge in [-0.1, -0.05) is 29.3 Å². The van der Waals surface area contributed by atoms with Crippen molar-refractivity contribution in [2.24, 2.45) is 0 Å². The highest BCUT2D eigenvalue weighted by Crippen LogP contribution is 2.27. The summed E-state index contributed by atoms with van der Waals surface area (Å²) in [5.74, 6) is 2.48. The second-order valence-corrected chi connectivity index (χ2v) is 12.9. The van der Waals surface area contributed by atoms with E-state index in [-0.39, 0.29) is 5.91 Å². The first-order chi connectivity index (χ1) is 19.6. The number of ether oxygens (including phenoxy) is 1. The summed E-state index contributed by atoms with van der Waals surface area (Å²) < 4.78 is 5.58. The van der Waals surface area contributed by atoms with Gasteiger partial charge in [-0.3, -0.25) is 9.69 Å². The number of halogens is 2. The molecule has 5 rings (SSSR count). The number of hydrogen-bond acceptors (Lipinski definition) is 9. The number of fused-ring (bicyclic) bond motifs is 1. The minimum Gasteiger partial charge on any atom is -0.444 e. The van der Waals surface area contributed by atoms with Crippen LogP contribution in [-0.4, -0.2) is 92.6 Å².